The van der Waals surface area contributed by atoms with Crippen molar-refractivity contribution in [1.29, 1.82) is 0 Å². The zero-order chi connectivity index (χ0) is 22.0. The number of fused-ring (bicyclic) bond motifs is 2. The molecule has 0 spiro atoms. The summed E-state index contributed by atoms with van der Waals surface area (Å²) in [5.74, 6) is 0.887. The predicted molar refractivity (Wildman–Crippen MR) is 128 cm³/mol. The molecule has 0 atom stereocenters. The Morgan fingerprint density at radius 1 is 0.903 bits per heavy atom. The van der Waals surface area contributed by atoms with E-state index in [9.17, 15) is 8.42 Å². The maximum atomic E-state index is 11.6. The minimum atomic E-state index is -3.33. The van der Waals surface area contributed by atoms with Crippen molar-refractivity contribution < 1.29 is 13.2 Å². The molecule has 0 fully saturated rings. The number of hydrogen-bond acceptors (Lipinski definition) is 3. The van der Waals surface area contributed by atoms with Gasteiger partial charge in [0.1, 0.15) is 5.75 Å². The second kappa shape index (κ2) is 8.60. The van der Waals surface area contributed by atoms with E-state index < -0.39 is 10.0 Å². The summed E-state index contributed by atoms with van der Waals surface area (Å²) in [4.78, 5) is 0. The molecule has 4 rings (SSSR count). The van der Waals surface area contributed by atoms with E-state index in [0.29, 0.717) is 5.69 Å². The Morgan fingerprint density at radius 2 is 1.65 bits per heavy atom. The van der Waals surface area contributed by atoms with E-state index in [1.165, 1.54) is 22.3 Å². The Kier molecular flexibility index (Phi) is 5.88. The molecular weight excluding hydrogens is 406 g/mol. The zero-order valence-corrected chi connectivity index (χ0v) is 18.9. The third-order valence-corrected chi connectivity index (χ3v) is 5.82. The smallest absolute Gasteiger partial charge is 0.229 e. The molecule has 1 N–H and O–H groups in total. The summed E-state index contributed by atoms with van der Waals surface area (Å²) in [6, 6.07) is 22.3. The Balaban J connectivity index is 1.84. The van der Waals surface area contributed by atoms with Gasteiger partial charge in [0.25, 0.3) is 0 Å². The van der Waals surface area contributed by atoms with Gasteiger partial charge in [0.05, 0.1) is 12.4 Å². The molecule has 0 bridgehead atoms. The van der Waals surface area contributed by atoms with Gasteiger partial charge in [-0.15, -0.1) is 0 Å². The van der Waals surface area contributed by atoms with Gasteiger partial charge in [-0.3, -0.25) is 4.72 Å². The van der Waals surface area contributed by atoms with Crippen LogP contribution in [0.5, 0.6) is 5.75 Å². The Bertz CT molecular complexity index is 1240. The van der Waals surface area contributed by atoms with E-state index in [1.54, 1.807) is 6.07 Å². The van der Waals surface area contributed by atoms with Gasteiger partial charge >= 0.3 is 0 Å². The van der Waals surface area contributed by atoms with E-state index in [-0.39, 0.29) is 6.10 Å². The van der Waals surface area contributed by atoms with Gasteiger partial charge in [0, 0.05) is 5.69 Å². The summed E-state index contributed by atoms with van der Waals surface area (Å²) in [5, 5.41) is 0. The maximum absolute atomic E-state index is 11.6. The van der Waals surface area contributed by atoms with E-state index in [4.69, 9.17) is 4.74 Å². The second-order valence-corrected chi connectivity index (χ2v) is 9.95. The average Bonchev–Trinajstić information content (AvgIpc) is 2.84. The summed E-state index contributed by atoms with van der Waals surface area (Å²) in [6.45, 7) is 4.06. The minimum absolute atomic E-state index is 0.126. The monoisotopic (exact) mass is 433 g/mol. The van der Waals surface area contributed by atoms with Crippen molar-refractivity contribution in [2.45, 2.75) is 32.8 Å². The average molecular weight is 434 g/mol. The molecule has 3 aromatic carbocycles. The summed E-state index contributed by atoms with van der Waals surface area (Å²) < 4.78 is 31.8. The number of aryl methyl sites for hydroxylation is 2. The lowest BCUT2D eigenvalue weighted by atomic mass is 9.92. The summed E-state index contributed by atoms with van der Waals surface area (Å²) in [5.41, 5.74) is 7.58. The van der Waals surface area contributed by atoms with Crippen LogP contribution in [0.4, 0.5) is 5.69 Å². The normalized spacial score (nSPS) is 14.6. The van der Waals surface area contributed by atoms with Crippen LogP contribution in [0.25, 0.3) is 11.6 Å². The number of nitrogens with one attached hydrogen (secondary N) is 1. The molecule has 3 aromatic rings. The van der Waals surface area contributed by atoms with Crippen LogP contribution < -0.4 is 9.46 Å². The molecule has 31 heavy (non-hydrogen) atoms. The molecule has 0 unspecified atom stereocenters. The fraction of sp³-hybridized carbons (Fsp3) is 0.231. The summed E-state index contributed by atoms with van der Waals surface area (Å²) in [6.07, 6.45) is 5.32. The molecule has 0 amide bonds. The Hall–Kier alpha value is -3.05. The standard InChI is InChI=1S/C26H27NO3S/c1-18(2)30-23-13-14-25-21(17-23)12-11-20-8-4-5-10-24(20)26(25)16-19-7-6-9-22(15-19)27-31(3,28)29/h4-10,13-18,27H,11-12H2,1-3H3. The molecular formula is C26H27NO3S. The molecule has 0 saturated carbocycles. The molecule has 0 heterocycles. The van der Waals surface area contributed by atoms with Crippen LogP contribution in [0.15, 0.2) is 66.7 Å². The largest absolute Gasteiger partial charge is 0.491 e. The number of rotatable bonds is 5. The van der Waals surface area contributed by atoms with Crippen LogP contribution in [-0.4, -0.2) is 20.8 Å². The van der Waals surface area contributed by atoms with Crippen LogP contribution in [0.2, 0.25) is 0 Å². The third kappa shape index (κ3) is 5.17. The SMILES string of the molecule is CC(C)Oc1ccc2c(c1)CCc1ccccc1C2=Cc1cccc(NS(C)(=O)=O)c1. The van der Waals surface area contributed by atoms with Crippen molar-refractivity contribution in [3.05, 3.63) is 94.5 Å². The first-order valence-electron chi connectivity index (χ1n) is 10.5. The van der Waals surface area contributed by atoms with E-state index >= 15 is 0 Å². The van der Waals surface area contributed by atoms with Crippen LogP contribution in [0.1, 0.15) is 41.7 Å². The van der Waals surface area contributed by atoms with Crippen molar-refractivity contribution in [1.82, 2.24) is 0 Å². The third-order valence-electron chi connectivity index (χ3n) is 5.21. The number of sulfonamides is 1. The molecule has 0 saturated heterocycles. The Labute approximate surface area is 184 Å². The highest BCUT2D eigenvalue weighted by Gasteiger charge is 2.19. The molecule has 1 aliphatic rings. The van der Waals surface area contributed by atoms with Crippen molar-refractivity contribution in [2.24, 2.45) is 0 Å². The summed E-state index contributed by atoms with van der Waals surface area (Å²) in [7, 11) is -3.33. The highest BCUT2D eigenvalue weighted by atomic mass is 32.2. The predicted octanol–water partition coefficient (Wildman–Crippen LogP) is 5.53. The topological polar surface area (TPSA) is 55.4 Å². The van der Waals surface area contributed by atoms with Gasteiger partial charge in [-0.1, -0.05) is 42.5 Å². The number of ether oxygens (including phenoxy) is 1. The van der Waals surface area contributed by atoms with E-state index in [0.717, 1.165) is 36.0 Å². The maximum Gasteiger partial charge on any atom is 0.229 e. The van der Waals surface area contributed by atoms with E-state index in [2.05, 4.69) is 47.2 Å². The van der Waals surface area contributed by atoms with Crippen LogP contribution >= 0.6 is 0 Å². The quantitative estimate of drug-likeness (QED) is 0.575. The lowest BCUT2D eigenvalue weighted by Gasteiger charge is -2.15. The molecule has 4 nitrogen and oxygen atoms in total. The van der Waals surface area contributed by atoms with Crippen molar-refractivity contribution >= 4 is 27.4 Å². The van der Waals surface area contributed by atoms with Crippen LogP contribution in [-0.2, 0) is 22.9 Å². The second-order valence-electron chi connectivity index (χ2n) is 8.20. The van der Waals surface area contributed by atoms with Crippen LogP contribution in [0.3, 0.4) is 0 Å². The van der Waals surface area contributed by atoms with Gasteiger partial charge in [-0.25, -0.2) is 8.42 Å². The lowest BCUT2D eigenvalue weighted by molar-refractivity contribution is 0.242. The minimum Gasteiger partial charge on any atom is -0.491 e. The molecule has 0 radical (unpaired) electrons. The molecule has 1 aliphatic carbocycles. The van der Waals surface area contributed by atoms with Crippen molar-refractivity contribution in [2.75, 3.05) is 11.0 Å². The highest BCUT2D eigenvalue weighted by Crippen LogP contribution is 2.36. The van der Waals surface area contributed by atoms with E-state index in [1.807, 2.05) is 38.1 Å². The van der Waals surface area contributed by atoms with Gasteiger partial charge in [0.2, 0.25) is 10.0 Å². The highest BCUT2D eigenvalue weighted by molar-refractivity contribution is 7.92. The number of anilines is 1. The number of benzene rings is 3. The fourth-order valence-electron chi connectivity index (χ4n) is 4.03. The summed E-state index contributed by atoms with van der Waals surface area (Å²) >= 11 is 0. The molecule has 0 aromatic heterocycles. The van der Waals surface area contributed by atoms with Crippen molar-refractivity contribution in [3.63, 3.8) is 0 Å². The first kappa shape index (κ1) is 21.2. The van der Waals surface area contributed by atoms with Gasteiger partial charge in [0.15, 0.2) is 0 Å². The van der Waals surface area contributed by atoms with Gasteiger partial charge in [-0.2, -0.15) is 0 Å². The first-order valence-corrected chi connectivity index (χ1v) is 12.4. The van der Waals surface area contributed by atoms with Crippen LogP contribution in [0, 0.1) is 0 Å². The molecule has 5 heteroatoms. The van der Waals surface area contributed by atoms with Gasteiger partial charge < -0.3 is 4.74 Å². The lowest BCUT2D eigenvalue weighted by Crippen LogP contribution is -2.09. The van der Waals surface area contributed by atoms with Crippen molar-refractivity contribution in [3.8, 4) is 5.75 Å². The number of hydrogen-bond donors (Lipinski definition) is 1. The Morgan fingerprint density at radius 3 is 2.42 bits per heavy atom. The molecule has 160 valence electrons. The fourth-order valence-corrected chi connectivity index (χ4v) is 4.58. The first-order chi connectivity index (χ1) is 14.8. The zero-order valence-electron chi connectivity index (χ0n) is 18.1. The van der Waals surface area contributed by atoms with Gasteiger partial charge in [-0.05, 0) is 90.4 Å². The molecule has 0 aliphatic heterocycles.